The van der Waals surface area contributed by atoms with Crippen LogP contribution in [0, 0.1) is 0 Å². The third kappa shape index (κ3) is 2.97. The Kier molecular flexibility index (Phi) is 4.25. The molecule has 2 aliphatic rings. The zero-order chi connectivity index (χ0) is 14.0. The third-order valence-electron chi connectivity index (χ3n) is 3.59. The zero-order valence-corrected chi connectivity index (χ0v) is 12.0. The second-order valence-electron chi connectivity index (χ2n) is 5.25. The minimum absolute atomic E-state index is 0.0629. The minimum atomic E-state index is -0.938. The van der Waals surface area contributed by atoms with Crippen molar-refractivity contribution in [3.63, 3.8) is 0 Å². The summed E-state index contributed by atoms with van der Waals surface area (Å²) >= 11 is 1.53. The SMILES string of the molecule is CCC1SCC(C(=O)O)N1C(=O)NC1(C)CCOC1. The largest absolute Gasteiger partial charge is 0.480 e. The Bertz CT molecular complexity index is 371. The van der Waals surface area contributed by atoms with E-state index < -0.39 is 12.0 Å². The van der Waals surface area contributed by atoms with Crippen LogP contribution in [0.1, 0.15) is 26.7 Å². The molecule has 2 aliphatic heterocycles. The number of urea groups is 1. The van der Waals surface area contributed by atoms with E-state index in [-0.39, 0.29) is 16.9 Å². The quantitative estimate of drug-likeness (QED) is 0.813. The lowest BCUT2D eigenvalue weighted by atomic mass is 10.0. The number of carboxylic acid groups (broad SMARTS) is 1. The highest BCUT2D eigenvalue weighted by molar-refractivity contribution is 8.00. The van der Waals surface area contributed by atoms with Crippen molar-refractivity contribution in [2.75, 3.05) is 19.0 Å². The van der Waals surface area contributed by atoms with E-state index in [1.165, 1.54) is 16.7 Å². The first-order chi connectivity index (χ1) is 8.97. The van der Waals surface area contributed by atoms with Gasteiger partial charge >= 0.3 is 12.0 Å². The van der Waals surface area contributed by atoms with Crippen molar-refractivity contribution in [1.29, 1.82) is 0 Å². The summed E-state index contributed by atoms with van der Waals surface area (Å²) in [6.45, 7) is 5.00. The Morgan fingerprint density at radius 2 is 2.32 bits per heavy atom. The molecule has 3 unspecified atom stereocenters. The number of aliphatic carboxylic acids is 1. The molecule has 2 heterocycles. The molecule has 0 aromatic carbocycles. The van der Waals surface area contributed by atoms with E-state index in [0.29, 0.717) is 19.0 Å². The number of nitrogens with zero attached hydrogens (tertiary/aromatic N) is 1. The molecule has 2 amide bonds. The van der Waals surface area contributed by atoms with Gasteiger partial charge in [-0.1, -0.05) is 6.92 Å². The maximum Gasteiger partial charge on any atom is 0.327 e. The Hall–Kier alpha value is -0.950. The Morgan fingerprint density at radius 1 is 1.58 bits per heavy atom. The van der Waals surface area contributed by atoms with Gasteiger partial charge in [0, 0.05) is 12.4 Å². The average molecular weight is 288 g/mol. The standard InChI is InChI=1S/C12H20N2O4S/c1-3-9-14(8(6-19-9)10(15)16)11(17)13-12(2)4-5-18-7-12/h8-9H,3-7H2,1-2H3,(H,13,17)(H,15,16). The van der Waals surface area contributed by atoms with Crippen LogP contribution in [-0.4, -0.2) is 57.9 Å². The van der Waals surface area contributed by atoms with Gasteiger partial charge in [0.1, 0.15) is 6.04 Å². The number of carbonyl (C=O) groups is 2. The van der Waals surface area contributed by atoms with Crippen LogP contribution in [0.4, 0.5) is 4.79 Å². The Morgan fingerprint density at radius 3 is 2.84 bits per heavy atom. The van der Waals surface area contributed by atoms with Gasteiger partial charge in [-0.05, 0) is 19.8 Å². The number of carbonyl (C=O) groups excluding carboxylic acids is 1. The molecule has 0 aromatic heterocycles. The summed E-state index contributed by atoms with van der Waals surface area (Å²) in [5.41, 5.74) is -0.383. The van der Waals surface area contributed by atoms with Crippen LogP contribution >= 0.6 is 11.8 Å². The smallest absolute Gasteiger partial charge is 0.327 e. The van der Waals surface area contributed by atoms with Crippen molar-refractivity contribution in [2.45, 2.75) is 43.6 Å². The molecular formula is C12H20N2O4S. The van der Waals surface area contributed by atoms with Crippen LogP contribution in [0.5, 0.6) is 0 Å². The maximum absolute atomic E-state index is 12.4. The highest BCUT2D eigenvalue weighted by Crippen LogP contribution is 2.32. The molecule has 7 heteroatoms. The predicted molar refractivity (Wildman–Crippen MR) is 72.2 cm³/mol. The average Bonchev–Trinajstić information content (AvgIpc) is 2.94. The summed E-state index contributed by atoms with van der Waals surface area (Å²) < 4.78 is 5.30. The number of hydrogen-bond donors (Lipinski definition) is 2. The van der Waals surface area contributed by atoms with E-state index in [1.54, 1.807) is 0 Å². The number of amides is 2. The molecule has 3 atom stereocenters. The van der Waals surface area contributed by atoms with Gasteiger partial charge in [0.05, 0.1) is 17.5 Å². The fraction of sp³-hybridized carbons (Fsp3) is 0.833. The Balaban J connectivity index is 2.08. The van der Waals surface area contributed by atoms with Crippen LogP contribution in [0.3, 0.4) is 0 Å². The van der Waals surface area contributed by atoms with E-state index >= 15 is 0 Å². The summed E-state index contributed by atoms with van der Waals surface area (Å²) in [5, 5.41) is 12.1. The van der Waals surface area contributed by atoms with Crippen LogP contribution < -0.4 is 5.32 Å². The fourth-order valence-electron chi connectivity index (χ4n) is 2.43. The molecule has 2 N–H and O–H groups in total. The number of hydrogen-bond acceptors (Lipinski definition) is 4. The summed E-state index contributed by atoms with van der Waals surface area (Å²) in [4.78, 5) is 25.1. The normalized spacial score (nSPS) is 34.5. The van der Waals surface area contributed by atoms with E-state index in [4.69, 9.17) is 4.74 Å². The molecule has 0 aromatic rings. The van der Waals surface area contributed by atoms with Gasteiger partial charge in [0.25, 0.3) is 0 Å². The van der Waals surface area contributed by atoms with Crippen molar-refractivity contribution in [3.05, 3.63) is 0 Å². The second-order valence-corrected chi connectivity index (χ2v) is 6.46. The first-order valence-electron chi connectivity index (χ1n) is 6.49. The van der Waals surface area contributed by atoms with Crippen molar-refractivity contribution >= 4 is 23.8 Å². The molecule has 0 saturated carbocycles. The predicted octanol–water partition coefficient (Wildman–Crippen LogP) is 1.11. The lowest BCUT2D eigenvalue weighted by Crippen LogP contribution is -2.56. The number of nitrogens with one attached hydrogen (secondary N) is 1. The number of thioether (sulfide) groups is 1. The maximum atomic E-state index is 12.4. The van der Waals surface area contributed by atoms with Crippen molar-refractivity contribution in [3.8, 4) is 0 Å². The molecule has 19 heavy (non-hydrogen) atoms. The molecule has 0 aliphatic carbocycles. The van der Waals surface area contributed by atoms with Gasteiger partial charge in [-0.15, -0.1) is 11.8 Å². The van der Waals surface area contributed by atoms with E-state index in [0.717, 1.165) is 12.8 Å². The lowest BCUT2D eigenvalue weighted by molar-refractivity contribution is -0.141. The molecular weight excluding hydrogens is 268 g/mol. The number of rotatable bonds is 3. The molecule has 2 rings (SSSR count). The zero-order valence-electron chi connectivity index (χ0n) is 11.2. The molecule has 2 fully saturated rings. The van der Waals surface area contributed by atoms with Crippen LogP contribution in [0.25, 0.3) is 0 Å². The second kappa shape index (κ2) is 5.58. The van der Waals surface area contributed by atoms with Crippen molar-refractivity contribution in [1.82, 2.24) is 10.2 Å². The number of carboxylic acids is 1. The summed E-state index contributed by atoms with van der Waals surface area (Å²) in [6, 6.07) is -1.03. The summed E-state index contributed by atoms with van der Waals surface area (Å²) in [5.74, 6) is -0.486. The molecule has 0 bridgehead atoms. The van der Waals surface area contributed by atoms with Gasteiger partial charge in [-0.3, -0.25) is 4.90 Å². The number of ether oxygens (including phenoxy) is 1. The Labute approximate surface area is 116 Å². The molecule has 6 nitrogen and oxygen atoms in total. The third-order valence-corrected chi connectivity index (χ3v) is 5.04. The lowest BCUT2D eigenvalue weighted by Gasteiger charge is -2.32. The molecule has 2 saturated heterocycles. The summed E-state index contributed by atoms with van der Waals surface area (Å²) in [7, 11) is 0. The van der Waals surface area contributed by atoms with E-state index in [1.807, 2.05) is 13.8 Å². The first-order valence-corrected chi connectivity index (χ1v) is 7.54. The highest BCUT2D eigenvalue weighted by Gasteiger charge is 2.43. The van der Waals surface area contributed by atoms with Gasteiger partial charge in [-0.25, -0.2) is 9.59 Å². The van der Waals surface area contributed by atoms with Gasteiger partial charge < -0.3 is 15.2 Å². The van der Waals surface area contributed by atoms with Gasteiger partial charge in [-0.2, -0.15) is 0 Å². The first kappa shape index (κ1) is 14.5. The minimum Gasteiger partial charge on any atom is -0.480 e. The monoisotopic (exact) mass is 288 g/mol. The van der Waals surface area contributed by atoms with Crippen LogP contribution in [0.2, 0.25) is 0 Å². The van der Waals surface area contributed by atoms with Crippen molar-refractivity contribution in [2.24, 2.45) is 0 Å². The molecule has 0 radical (unpaired) electrons. The van der Waals surface area contributed by atoms with Crippen molar-refractivity contribution < 1.29 is 19.4 Å². The van der Waals surface area contributed by atoms with E-state index in [2.05, 4.69) is 5.32 Å². The van der Waals surface area contributed by atoms with Gasteiger partial charge in [0.2, 0.25) is 0 Å². The van der Waals surface area contributed by atoms with Crippen LogP contribution in [-0.2, 0) is 9.53 Å². The fourth-order valence-corrected chi connectivity index (χ4v) is 3.78. The van der Waals surface area contributed by atoms with Gasteiger partial charge in [0.15, 0.2) is 0 Å². The molecule has 108 valence electrons. The highest BCUT2D eigenvalue weighted by atomic mass is 32.2. The van der Waals surface area contributed by atoms with E-state index in [9.17, 15) is 14.7 Å². The van der Waals surface area contributed by atoms with Crippen LogP contribution in [0.15, 0.2) is 0 Å². The topological polar surface area (TPSA) is 78.9 Å². The summed E-state index contributed by atoms with van der Waals surface area (Å²) in [6.07, 6.45) is 1.50. The molecule has 0 spiro atoms.